The van der Waals surface area contributed by atoms with E-state index in [1.54, 1.807) is 6.92 Å². The van der Waals surface area contributed by atoms with Crippen molar-refractivity contribution in [1.29, 1.82) is 0 Å². The molecule has 3 N–H and O–H groups in total. The molecule has 0 aliphatic heterocycles. The Morgan fingerprint density at radius 3 is 2.71 bits per heavy atom. The van der Waals surface area contributed by atoms with E-state index in [-0.39, 0.29) is 5.75 Å². The fraction of sp³-hybridized carbons (Fsp3) is 0.214. The third-order valence-electron chi connectivity index (χ3n) is 3.48. The summed E-state index contributed by atoms with van der Waals surface area (Å²) < 4.78 is 25.2. The lowest BCUT2D eigenvalue weighted by molar-refractivity contribution is 0.599. The molecule has 3 rings (SSSR count). The van der Waals surface area contributed by atoms with Gasteiger partial charge in [-0.1, -0.05) is 31.2 Å². The van der Waals surface area contributed by atoms with E-state index >= 15 is 0 Å². The predicted octanol–water partition coefficient (Wildman–Crippen LogP) is 2.98. The molecule has 0 radical (unpaired) electrons. The van der Waals surface area contributed by atoms with Crippen LogP contribution in [0.25, 0.3) is 21.3 Å². The van der Waals surface area contributed by atoms with Crippen LogP contribution in [0, 0.1) is 6.92 Å². The summed E-state index contributed by atoms with van der Waals surface area (Å²) in [6, 6.07) is 7.69. The molecular weight excluding hydrogens is 306 g/mol. The number of nitrogens with zero attached hydrogens (tertiary/aromatic N) is 1. The number of hydrogen-bond donors (Lipinski definition) is 2. The van der Waals surface area contributed by atoms with E-state index in [0.29, 0.717) is 25.8 Å². The van der Waals surface area contributed by atoms with Crippen LogP contribution < -0.4 is 5.73 Å². The highest BCUT2D eigenvalue weighted by atomic mass is 32.2. The molecule has 0 saturated heterocycles. The van der Waals surface area contributed by atoms with E-state index in [1.165, 1.54) is 11.3 Å². The van der Waals surface area contributed by atoms with Gasteiger partial charge in [0.15, 0.2) is 9.84 Å². The van der Waals surface area contributed by atoms with Crippen LogP contribution >= 0.6 is 11.3 Å². The Morgan fingerprint density at radius 2 is 2.05 bits per heavy atom. The zero-order valence-electron chi connectivity index (χ0n) is 11.7. The molecular formula is C14H15N3O2S2. The Bertz CT molecular complexity index is 923. The summed E-state index contributed by atoms with van der Waals surface area (Å²) in [5.74, 6) is 0.454. The number of nitrogens with two attached hydrogens (primary N) is 1. The van der Waals surface area contributed by atoms with Crippen molar-refractivity contribution in [2.24, 2.45) is 0 Å². The molecule has 0 amide bonds. The number of aromatic nitrogens is 2. The second-order valence-corrected chi connectivity index (χ2v) is 8.27. The molecule has 0 aliphatic carbocycles. The number of rotatable bonds is 3. The van der Waals surface area contributed by atoms with Gasteiger partial charge in [-0.15, -0.1) is 11.3 Å². The minimum absolute atomic E-state index is 0.0542. The lowest BCUT2D eigenvalue weighted by atomic mass is 10.0. The number of fused-ring (bicyclic) bond motifs is 1. The van der Waals surface area contributed by atoms with Crippen molar-refractivity contribution in [3.63, 3.8) is 0 Å². The summed E-state index contributed by atoms with van der Waals surface area (Å²) in [6.45, 7) is 3.60. The van der Waals surface area contributed by atoms with E-state index in [0.717, 1.165) is 11.1 Å². The van der Waals surface area contributed by atoms with Gasteiger partial charge in [0.25, 0.3) is 0 Å². The van der Waals surface area contributed by atoms with Crippen molar-refractivity contribution >= 4 is 37.2 Å². The maximum Gasteiger partial charge on any atom is 0.188 e. The van der Waals surface area contributed by atoms with Gasteiger partial charge in [-0.2, -0.15) is 5.10 Å². The molecule has 7 heteroatoms. The Hall–Kier alpha value is -1.86. The molecule has 21 heavy (non-hydrogen) atoms. The van der Waals surface area contributed by atoms with Gasteiger partial charge in [-0.25, -0.2) is 8.42 Å². The molecule has 0 fully saturated rings. The first-order valence-corrected chi connectivity index (χ1v) is 8.97. The van der Waals surface area contributed by atoms with Gasteiger partial charge in [0, 0.05) is 5.56 Å². The number of aromatic amines is 1. The smallest absolute Gasteiger partial charge is 0.188 e. The average molecular weight is 321 g/mol. The molecule has 1 aromatic carbocycles. The molecule has 0 aliphatic rings. The van der Waals surface area contributed by atoms with Crippen LogP contribution in [0.5, 0.6) is 0 Å². The molecule has 0 unspecified atom stereocenters. The van der Waals surface area contributed by atoms with Gasteiger partial charge in [0.2, 0.25) is 0 Å². The maximum atomic E-state index is 12.4. The molecule has 0 spiro atoms. The molecule has 2 aromatic heterocycles. The van der Waals surface area contributed by atoms with Gasteiger partial charge in [0.05, 0.1) is 11.1 Å². The summed E-state index contributed by atoms with van der Waals surface area (Å²) in [6.07, 6.45) is 0. The van der Waals surface area contributed by atoms with Gasteiger partial charge >= 0.3 is 0 Å². The van der Waals surface area contributed by atoms with Crippen molar-refractivity contribution in [1.82, 2.24) is 10.2 Å². The molecule has 110 valence electrons. The molecule has 3 aromatic rings. The van der Waals surface area contributed by atoms with Crippen LogP contribution in [-0.2, 0) is 9.84 Å². The molecule has 5 nitrogen and oxygen atoms in total. The van der Waals surface area contributed by atoms with Gasteiger partial charge in [-0.05, 0) is 18.1 Å². The van der Waals surface area contributed by atoms with Crippen LogP contribution in [0.3, 0.4) is 0 Å². The largest absolute Gasteiger partial charge is 0.384 e. The van der Waals surface area contributed by atoms with Crippen LogP contribution in [0.1, 0.15) is 12.5 Å². The van der Waals surface area contributed by atoms with Crippen molar-refractivity contribution in [3.8, 4) is 11.1 Å². The Kier molecular flexibility index (Phi) is 3.26. The summed E-state index contributed by atoms with van der Waals surface area (Å²) in [7, 11) is -3.33. The molecule has 0 saturated carbocycles. The minimum atomic E-state index is -3.33. The van der Waals surface area contributed by atoms with Crippen LogP contribution in [0.4, 0.5) is 5.82 Å². The summed E-state index contributed by atoms with van der Waals surface area (Å²) >= 11 is 1.17. The molecule has 0 atom stereocenters. The Morgan fingerprint density at radius 1 is 1.33 bits per heavy atom. The van der Waals surface area contributed by atoms with Crippen LogP contribution in [0.15, 0.2) is 28.5 Å². The van der Waals surface area contributed by atoms with Crippen molar-refractivity contribution < 1.29 is 8.42 Å². The van der Waals surface area contributed by atoms with Crippen LogP contribution in [0.2, 0.25) is 0 Å². The highest BCUT2D eigenvalue weighted by Gasteiger charge is 2.27. The number of sulfone groups is 1. The number of benzene rings is 1. The topological polar surface area (TPSA) is 88.8 Å². The first kappa shape index (κ1) is 14.1. The Balaban J connectivity index is 2.46. The zero-order chi connectivity index (χ0) is 15.2. The first-order valence-electron chi connectivity index (χ1n) is 6.50. The van der Waals surface area contributed by atoms with Gasteiger partial charge in [-0.3, -0.25) is 5.10 Å². The zero-order valence-corrected chi connectivity index (χ0v) is 13.3. The number of H-pyrrole nitrogens is 1. The van der Waals surface area contributed by atoms with Crippen molar-refractivity contribution in [2.75, 3.05) is 11.5 Å². The first-order chi connectivity index (χ1) is 9.95. The molecule has 0 bridgehead atoms. The van der Waals surface area contributed by atoms with Gasteiger partial charge in [0.1, 0.15) is 14.9 Å². The predicted molar refractivity (Wildman–Crippen MR) is 86.3 cm³/mol. The van der Waals surface area contributed by atoms with E-state index < -0.39 is 9.84 Å². The lowest BCUT2D eigenvalue weighted by Crippen LogP contribution is -2.03. The SMILES string of the molecule is CCS(=O)(=O)c1sc2n[nH]c(N)c2c1-c1ccccc1C. The highest BCUT2D eigenvalue weighted by Crippen LogP contribution is 2.44. The van der Waals surface area contributed by atoms with E-state index in [9.17, 15) is 8.42 Å². The summed E-state index contributed by atoms with van der Waals surface area (Å²) in [5.41, 5.74) is 8.51. The maximum absolute atomic E-state index is 12.4. The third-order valence-corrected chi connectivity index (χ3v) is 6.90. The number of aryl methyl sites for hydroxylation is 1. The number of nitrogens with one attached hydrogen (secondary N) is 1. The van der Waals surface area contributed by atoms with Crippen molar-refractivity contribution in [3.05, 3.63) is 29.8 Å². The van der Waals surface area contributed by atoms with E-state index in [2.05, 4.69) is 10.2 Å². The lowest BCUT2D eigenvalue weighted by Gasteiger charge is -2.08. The van der Waals surface area contributed by atoms with E-state index in [1.807, 2.05) is 31.2 Å². The average Bonchev–Trinajstić information content (AvgIpc) is 3.00. The second-order valence-electron chi connectivity index (χ2n) is 4.80. The fourth-order valence-corrected chi connectivity index (χ4v) is 5.12. The van der Waals surface area contributed by atoms with Crippen LogP contribution in [-0.4, -0.2) is 24.4 Å². The third kappa shape index (κ3) is 2.13. The normalized spacial score (nSPS) is 12.1. The van der Waals surface area contributed by atoms with E-state index in [4.69, 9.17) is 5.73 Å². The monoisotopic (exact) mass is 321 g/mol. The number of anilines is 1. The van der Waals surface area contributed by atoms with Gasteiger partial charge < -0.3 is 5.73 Å². The number of hydrogen-bond acceptors (Lipinski definition) is 5. The standard InChI is InChI=1S/C14H15N3O2S2/c1-3-21(18,19)14-10(9-7-5-4-6-8(9)2)11-12(15)16-17-13(11)20-14/h4-7H,3H2,1-2H3,(H3,15,16,17). The fourth-order valence-electron chi connectivity index (χ4n) is 2.34. The minimum Gasteiger partial charge on any atom is -0.384 e. The molecule has 2 heterocycles. The highest BCUT2D eigenvalue weighted by molar-refractivity contribution is 7.93. The second kappa shape index (κ2) is 4.85. The summed E-state index contributed by atoms with van der Waals surface area (Å²) in [4.78, 5) is 0.623. The van der Waals surface area contributed by atoms with Crippen molar-refractivity contribution in [2.45, 2.75) is 18.1 Å². The quantitative estimate of drug-likeness (QED) is 0.776. The summed E-state index contributed by atoms with van der Waals surface area (Å²) in [5, 5.41) is 7.53. The Labute approximate surface area is 126 Å². The number of thiophene rings is 1. The number of nitrogen functional groups attached to an aromatic ring is 1.